The average molecular weight is 275 g/mol. The highest BCUT2D eigenvalue weighted by atomic mass is 16.7. The fraction of sp³-hybridized carbons (Fsp3) is 0.357. The van der Waals surface area contributed by atoms with Gasteiger partial charge in [-0.25, -0.2) is 0 Å². The molecule has 2 aliphatic rings. The van der Waals surface area contributed by atoms with E-state index in [-0.39, 0.29) is 17.4 Å². The Hall–Kier alpha value is -2.21. The van der Waals surface area contributed by atoms with E-state index in [0.717, 1.165) is 12.8 Å². The number of carbonyl (C=O) groups excluding carboxylic acids is 1. The molecule has 2 aliphatic heterocycles. The number of hydrogen-bond acceptors (Lipinski definition) is 5. The third-order valence-corrected chi connectivity index (χ3v) is 3.51. The van der Waals surface area contributed by atoms with Crippen LogP contribution in [0.1, 0.15) is 18.4 Å². The Balaban J connectivity index is 1.86. The third-order valence-electron chi connectivity index (χ3n) is 3.51. The predicted molar refractivity (Wildman–Crippen MR) is 69.6 cm³/mol. The van der Waals surface area contributed by atoms with Gasteiger partial charge in [0, 0.05) is 23.8 Å². The molecular formula is C14H13NO5. The molecule has 1 fully saturated rings. The van der Waals surface area contributed by atoms with Gasteiger partial charge in [-0.15, -0.1) is 0 Å². The zero-order chi connectivity index (χ0) is 14.1. The fourth-order valence-electron chi connectivity index (χ4n) is 2.44. The van der Waals surface area contributed by atoms with Gasteiger partial charge in [-0.2, -0.15) is 0 Å². The van der Waals surface area contributed by atoms with Crippen molar-refractivity contribution in [3.05, 3.63) is 46.0 Å². The lowest BCUT2D eigenvalue weighted by Crippen LogP contribution is -2.38. The van der Waals surface area contributed by atoms with Crippen LogP contribution in [0.2, 0.25) is 0 Å². The van der Waals surface area contributed by atoms with E-state index in [4.69, 9.17) is 9.47 Å². The molecule has 0 bridgehead atoms. The van der Waals surface area contributed by atoms with E-state index < -0.39 is 11.2 Å². The number of nitro benzene ring substituents is 1. The quantitative estimate of drug-likeness (QED) is 0.611. The molecule has 0 aliphatic carbocycles. The van der Waals surface area contributed by atoms with Crippen LogP contribution >= 0.6 is 0 Å². The van der Waals surface area contributed by atoms with Crippen LogP contribution in [0.15, 0.2) is 30.3 Å². The first-order valence-electron chi connectivity index (χ1n) is 6.44. The molecule has 0 spiro atoms. The molecular weight excluding hydrogens is 262 g/mol. The van der Waals surface area contributed by atoms with Crippen molar-refractivity contribution in [1.29, 1.82) is 0 Å². The molecule has 0 N–H and O–H groups in total. The maximum atomic E-state index is 12.0. The number of ketones is 1. The van der Waals surface area contributed by atoms with E-state index >= 15 is 0 Å². The Morgan fingerprint density at radius 2 is 2.00 bits per heavy atom. The molecule has 0 aromatic heterocycles. The van der Waals surface area contributed by atoms with Crippen molar-refractivity contribution in [3.8, 4) is 0 Å². The summed E-state index contributed by atoms with van der Waals surface area (Å²) in [7, 11) is 0. The van der Waals surface area contributed by atoms with E-state index in [1.165, 1.54) is 18.2 Å². The first-order chi connectivity index (χ1) is 9.65. The minimum absolute atomic E-state index is 0.00304. The maximum absolute atomic E-state index is 12.0. The largest absolute Gasteiger partial charge is 0.463 e. The van der Waals surface area contributed by atoms with Gasteiger partial charge in [0.15, 0.2) is 5.78 Å². The van der Waals surface area contributed by atoms with Crippen molar-refractivity contribution < 1.29 is 19.2 Å². The van der Waals surface area contributed by atoms with Gasteiger partial charge in [-0.05, 0) is 25.0 Å². The van der Waals surface area contributed by atoms with Crippen LogP contribution < -0.4 is 0 Å². The molecule has 0 amide bonds. The Kier molecular flexibility index (Phi) is 3.23. The summed E-state index contributed by atoms with van der Waals surface area (Å²) in [5, 5.41) is 10.6. The fourth-order valence-corrected chi connectivity index (χ4v) is 2.44. The van der Waals surface area contributed by atoms with Gasteiger partial charge in [0.2, 0.25) is 6.29 Å². The Morgan fingerprint density at radius 3 is 2.70 bits per heavy atom. The Labute approximate surface area is 115 Å². The lowest BCUT2D eigenvalue weighted by Gasteiger charge is -2.34. The lowest BCUT2D eigenvalue weighted by atomic mass is 9.92. The van der Waals surface area contributed by atoms with E-state index in [0.29, 0.717) is 17.9 Å². The second-order valence-corrected chi connectivity index (χ2v) is 4.82. The summed E-state index contributed by atoms with van der Waals surface area (Å²) in [6, 6.07) is 5.91. The molecule has 1 aromatic rings. The van der Waals surface area contributed by atoms with E-state index in [1.807, 2.05) is 0 Å². The van der Waals surface area contributed by atoms with Crippen LogP contribution in [0.5, 0.6) is 0 Å². The van der Waals surface area contributed by atoms with Crippen molar-refractivity contribution in [2.24, 2.45) is 5.92 Å². The van der Waals surface area contributed by atoms with Crippen LogP contribution in [0.25, 0.3) is 5.76 Å². The van der Waals surface area contributed by atoms with Crippen LogP contribution in [0.4, 0.5) is 5.69 Å². The number of carbonyl (C=O) groups is 1. The van der Waals surface area contributed by atoms with Gasteiger partial charge in [0.05, 0.1) is 17.4 Å². The van der Waals surface area contributed by atoms with Crippen LogP contribution in [-0.2, 0) is 14.3 Å². The standard InChI is InChI=1S/C14H13NO5/c16-12-8-13(20-14-11(12)2-1-7-19-14)9-3-5-10(6-4-9)15(17)18/h3-6,8,11,14H,1-2,7H2/t11-,14-/m0/s1. The van der Waals surface area contributed by atoms with Crippen LogP contribution in [0, 0.1) is 16.0 Å². The zero-order valence-corrected chi connectivity index (χ0v) is 10.7. The number of ether oxygens (including phenoxy) is 2. The van der Waals surface area contributed by atoms with Crippen LogP contribution in [0.3, 0.4) is 0 Å². The molecule has 3 rings (SSSR count). The summed E-state index contributed by atoms with van der Waals surface area (Å²) >= 11 is 0. The normalized spacial score (nSPS) is 25.4. The summed E-state index contributed by atoms with van der Waals surface area (Å²) in [5.74, 6) is 0.174. The number of nitro groups is 1. The highest BCUT2D eigenvalue weighted by Gasteiger charge is 2.36. The summed E-state index contributed by atoms with van der Waals surface area (Å²) in [5.41, 5.74) is 0.639. The zero-order valence-electron chi connectivity index (χ0n) is 10.7. The highest BCUT2D eigenvalue weighted by Crippen LogP contribution is 2.33. The topological polar surface area (TPSA) is 78.7 Å². The number of non-ortho nitro benzene ring substituents is 1. The van der Waals surface area contributed by atoms with Crippen molar-refractivity contribution in [2.75, 3.05) is 6.61 Å². The summed E-state index contributed by atoms with van der Waals surface area (Å²) in [6.45, 7) is 0.585. The van der Waals surface area contributed by atoms with Gasteiger partial charge in [-0.1, -0.05) is 0 Å². The number of nitrogens with zero attached hydrogens (tertiary/aromatic N) is 1. The molecule has 0 unspecified atom stereocenters. The van der Waals surface area contributed by atoms with E-state index in [9.17, 15) is 14.9 Å². The molecule has 2 atom stereocenters. The molecule has 6 heteroatoms. The number of hydrogen-bond donors (Lipinski definition) is 0. The van der Waals surface area contributed by atoms with Gasteiger partial charge < -0.3 is 9.47 Å². The Morgan fingerprint density at radius 1 is 1.25 bits per heavy atom. The van der Waals surface area contributed by atoms with E-state index in [1.54, 1.807) is 12.1 Å². The average Bonchev–Trinajstić information content (AvgIpc) is 2.47. The molecule has 2 heterocycles. The molecule has 0 radical (unpaired) electrons. The second-order valence-electron chi connectivity index (χ2n) is 4.82. The van der Waals surface area contributed by atoms with Crippen molar-refractivity contribution in [1.82, 2.24) is 0 Å². The molecule has 104 valence electrons. The van der Waals surface area contributed by atoms with Gasteiger partial charge in [0.1, 0.15) is 5.76 Å². The molecule has 1 saturated heterocycles. The minimum Gasteiger partial charge on any atom is -0.463 e. The summed E-state index contributed by atoms with van der Waals surface area (Å²) in [4.78, 5) is 22.2. The van der Waals surface area contributed by atoms with Crippen LogP contribution in [-0.4, -0.2) is 23.6 Å². The minimum atomic E-state index is -0.536. The number of fused-ring (bicyclic) bond motifs is 1. The first kappa shape index (κ1) is 12.8. The maximum Gasteiger partial charge on any atom is 0.269 e. The molecule has 1 aromatic carbocycles. The number of allylic oxidation sites excluding steroid dienone is 1. The number of benzene rings is 1. The third kappa shape index (κ3) is 2.30. The SMILES string of the molecule is O=C1C=C(c2ccc([N+](=O)[O-])cc2)O[C@@H]2OCCC[C@@H]12. The van der Waals surface area contributed by atoms with Crippen molar-refractivity contribution in [3.63, 3.8) is 0 Å². The molecule has 0 saturated carbocycles. The van der Waals surface area contributed by atoms with Gasteiger partial charge in [0.25, 0.3) is 5.69 Å². The summed E-state index contributed by atoms with van der Waals surface area (Å²) in [6.07, 6.45) is 2.55. The smallest absolute Gasteiger partial charge is 0.269 e. The highest BCUT2D eigenvalue weighted by molar-refractivity contribution is 5.98. The molecule has 6 nitrogen and oxygen atoms in total. The lowest BCUT2D eigenvalue weighted by molar-refractivity contribution is -0.384. The number of rotatable bonds is 2. The monoisotopic (exact) mass is 275 g/mol. The molecule has 20 heavy (non-hydrogen) atoms. The van der Waals surface area contributed by atoms with E-state index in [2.05, 4.69) is 0 Å². The van der Waals surface area contributed by atoms with Crippen molar-refractivity contribution in [2.45, 2.75) is 19.1 Å². The Bertz CT molecular complexity index is 578. The summed E-state index contributed by atoms with van der Waals surface area (Å²) < 4.78 is 11.2. The van der Waals surface area contributed by atoms with Gasteiger partial charge in [-0.3, -0.25) is 14.9 Å². The van der Waals surface area contributed by atoms with Gasteiger partial charge >= 0.3 is 0 Å². The predicted octanol–water partition coefficient (Wildman–Crippen LogP) is 2.29. The van der Waals surface area contributed by atoms with Crippen molar-refractivity contribution >= 4 is 17.2 Å². The second kappa shape index (κ2) is 5.05. The first-order valence-corrected chi connectivity index (χ1v) is 6.44.